The van der Waals surface area contributed by atoms with Crippen LogP contribution in [0.1, 0.15) is 18.8 Å². The Morgan fingerprint density at radius 1 is 1.47 bits per heavy atom. The van der Waals surface area contributed by atoms with E-state index in [9.17, 15) is 4.79 Å². The fraction of sp³-hybridized carbons (Fsp3) is 0.375. The molecule has 0 aliphatic carbocycles. The number of nitrogens with zero attached hydrogens (tertiary/aromatic N) is 5. The standard InChI is InChI=1S/C8H11N7OS/c1-5(6-13-9-3-15(6)2)11-7(16)12-8-14-10-4-17-8/h3-5H,1-2H3,(H2,11,12,14,16)/t5-/m0/s1. The average Bonchev–Trinajstić information content (AvgIpc) is 2.88. The van der Waals surface area contributed by atoms with Crippen LogP contribution in [0.2, 0.25) is 0 Å². The number of hydrogen-bond donors (Lipinski definition) is 2. The van der Waals surface area contributed by atoms with Crippen LogP contribution in [0.4, 0.5) is 9.93 Å². The Morgan fingerprint density at radius 3 is 2.88 bits per heavy atom. The SMILES string of the molecule is C[C@H](NC(=O)Nc1nncs1)c1nncn1C. The lowest BCUT2D eigenvalue weighted by Gasteiger charge is -2.12. The van der Waals surface area contributed by atoms with Crippen LogP contribution in [0.5, 0.6) is 0 Å². The number of nitrogens with one attached hydrogen (secondary N) is 2. The van der Waals surface area contributed by atoms with Gasteiger partial charge in [-0.1, -0.05) is 11.3 Å². The maximum atomic E-state index is 11.6. The third-order valence-corrected chi connectivity index (χ3v) is 2.67. The van der Waals surface area contributed by atoms with E-state index in [1.807, 2.05) is 14.0 Å². The Bertz CT molecular complexity index is 494. The van der Waals surface area contributed by atoms with Crippen molar-refractivity contribution in [3.63, 3.8) is 0 Å². The Balaban J connectivity index is 1.93. The first-order chi connectivity index (χ1) is 8.16. The summed E-state index contributed by atoms with van der Waals surface area (Å²) in [6.45, 7) is 1.82. The summed E-state index contributed by atoms with van der Waals surface area (Å²) in [5, 5.41) is 20.7. The van der Waals surface area contributed by atoms with Crippen molar-refractivity contribution in [2.45, 2.75) is 13.0 Å². The fourth-order valence-electron chi connectivity index (χ4n) is 1.31. The molecule has 2 rings (SSSR count). The van der Waals surface area contributed by atoms with Crippen molar-refractivity contribution in [2.24, 2.45) is 7.05 Å². The highest BCUT2D eigenvalue weighted by Crippen LogP contribution is 2.10. The number of amides is 2. The van der Waals surface area contributed by atoms with E-state index in [0.717, 1.165) is 0 Å². The molecule has 0 fully saturated rings. The third-order valence-electron chi connectivity index (χ3n) is 2.06. The number of anilines is 1. The van der Waals surface area contributed by atoms with Gasteiger partial charge in [0, 0.05) is 7.05 Å². The maximum Gasteiger partial charge on any atom is 0.321 e. The molecule has 8 nitrogen and oxygen atoms in total. The molecule has 9 heteroatoms. The van der Waals surface area contributed by atoms with Gasteiger partial charge in [-0.05, 0) is 6.92 Å². The summed E-state index contributed by atoms with van der Waals surface area (Å²) in [5.74, 6) is 0.678. The van der Waals surface area contributed by atoms with Crippen molar-refractivity contribution in [3.05, 3.63) is 17.7 Å². The van der Waals surface area contributed by atoms with E-state index in [1.165, 1.54) is 11.3 Å². The zero-order valence-electron chi connectivity index (χ0n) is 9.28. The minimum atomic E-state index is -0.350. The first kappa shape index (κ1) is 11.5. The van der Waals surface area contributed by atoms with Crippen molar-refractivity contribution in [1.82, 2.24) is 30.3 Å². The molecule has 0 saturated heterocycles. The molecule has 0 aromatic carbocycles. The summed E-state index contributed by atoms with van der Waals surface area (Å²) < 4.78 is 1.75. The monoisotopic (exact) mass is 253 g/mol. The van der Waals surface area contributed by atoms with Gasteiger partial charge < -0.3 is 9.88 Å². The Labute approximate surface area is 101 Å². The molecule has 2 amide bonds. The summed E-state index contributed by atoms with van der Waals surface area (Å²) in [4.78, 5) is 11.6. The van der Waals surface area contributed by atoms with Gasteiger partial charge in [-0.25, -0.2) is 4.79 Å². The maximum absolute atomic E-state index is 11.6. The van der Waals surface area contributed by atoms with Crippen molar-refractivity contribution < 1.29 is 4.79 Å². The number of aryl methyl sites for hydroxylation is 1. The van der Waals surface area contributed by atoms with Crippen molar-refractivity contribution in [1.29, 1.82) is 0 Å². The van der Waals surface area contributed by atoms with Crippen molar-refractivity contribution in [2.75, 3.05) is 5.32 Å². The summed E-state index contributed by atoms with van der Waals surface area (Å²) in [6.07, 6.45) is 1.58. The van der Waals surface area contributed by atoms with E-state index < -0.39 is 0 Å². The second-order valence-corrected chi connectivity index (χ2v) is 4.20. The van der Waals surface area contributed by atoms with Gasteiger partial charge in [-0.15, -0.1) is 20.4 Å². The zero-order valence-corrected chi connectivity index (χ0v) is 10.1. The lowest BCUT2D eigenvalue weighted by atomic mass is 10.3. The molecule has 90 valence electrons. The summed E-state index contributed by atoms with van der Waals surface area (Å²) in [6, 6.07) is -0.590. The zero-order chi connectivity index (χ0) is 12.3. The molecule has 2 aromatic rings. The number of rotatable bonds is 3. The molecule has 0 aliphatic heterocycles. The molecule has 17 heavy (non-hydrogen) atoms. The van der Waals surface area contributed by atoms with Gasteiger partial charge in [0.15, 0.2) is 5.82 Å². The lowest BCUT2D eigenvalue weighted by molar-refractivity contribution is 0.248. The van der Waals surface area contributed by atoms with Crippen LogP contribution in [0.15, 0.2) is 11.8 Å². The number of carbonyl (C=O) groups is 1. The Kier molecular flexibility index (Phi) is 3.28. The number of hydrogen-bond acceptors (Lipinski definition) is 6. The van der Waals surface area contributed by atoms with Crippen LogP contribution in [0, 0.1) is 0 Å². The van der Waals surface area contributed by atoms with Crippen LogP contribution >= 0.6 is 11.3 Å². The first-order valence-electron chi connectivity index (χ1n) is 4.84. The van der Waals surface area contributed by atoms with Gasteiger partial charge in [0.05, 0.1) is 6.04 Å². The molecule has 0 unspecified atom stereocenters. The number of aromatic nitrogens is 5. The molecule has 0 aliphatic rings. The van der Waals surface area contributed by atoms with E-state index in [4.69, 9.17) is 0 Å². The summed E-state index contributed by atoms with van der Waals surface area (Å²) in [7, 11) is 1.82. The predicted molar refractivity (Wildman–Crippen MR) is 61.5 cm³/mol. The third kappa shape index (κ3) is 2.75. The lowest BCUT2D eigenvalue weighted by Crippen LogP contribution is -2.32. The normalized spacial score (nSPS) is 12.1. The van der Waals surface area contributed by atoms with E-state index in [2.05, 4.69) is 31.0 Å². The molecule has 0 radical (unpaired) electrons. The highest BCUT2D eigenvalue weighted by molar-refractivity contribution is 7.13. The van der Waals surface area contributed by atoms with E-state index >= 15 is 0 Å². The van der Waals surface area contributed by atoms with Gasteiger partial charge in [-0.2, -0.15) is 0 Å². The number of urea groups is 1. The Morgan fingerprint density at radius 2 is 2.29 bits per heavy atom. The highest BCUT2D eigenvalue weighted by atomic mass is 32.1. The molecule has 2 heterocycles. The molecule has 0 spiro atoms. The second-order valence-electron chi connectivity index (χ2n) is 3.36. The van der Waals surface area contributed by atoms with Crippen molar-refractivity contribution >= 4 is 22.5 Å². The van der Waals surface area contributed by atoms with Crippen molar-refractivity contribution in [3.8, 4) is 0 Å². The van der Waals surface area contributed by atoms with Crippen LogP contribution in [-0.2, 0) is 7.05 Å². The van der Waals surface area contributed by atoms with Gasteiger partial charge in [0.2, 0.25) is 5.13 Å². The van der Waals surface area contributed by atoms with Gasteiger partial charge >= 0.3 is 6.03 Å². The predicted octanol–water partition coefficient (Wildman–Crippen LogP) is 0.549. The van der Waals surface area contributed by atoms with Gasteiger partial charge in [0.25, 0.3) is 0 Å². The van der Waals surface area contributed by atoms with Gasteiger partial charge in [-0.3, -0.25) is 5.32 Å². The summed E-state index contributed by atoms with van der Waals surface area (Å²) in [5.41, 5.74) is 1.54. The van der Waals surface area contributed by atoms with E-state index in [0.29, 0.717) is 11.0 Å². The molecule has 0 saturated carbocycles. The largest absolute Gasteiger partial charge is 0.328 e. The average molecular weight is 253 g/mol. The fourth-order valence-corrected chi connectivity index (χ4v) is 1.75. The molecule has 2 aromatic heterocycles. The highest BCUT2D eigenvalue weighted by Gasteiger charge is 2.14. The van der Waals surface area contributed by atoms with E-state index in [1.54, 1.807) is 16.4 Å². The minimum Gasteiger partial charge on any atom is -0.328 e. The topological polar surface area (TPSA) is 97.6 Å². The van der Waals surface area contributed by atoms with Crippen LogP contribution in [0.25, 0.3) is 0 Å². The smallest absolute Gasteiger partial charge is 0.321 e. The summed E-state index contributed by atoms with van der Waals surface area (Å²) >= 11 is 1.25. The van der Waals surface area contributed by atoms with E-state index in [-0.39, 0.29) is 12.1 Å². The molecular formula is C8H11N7OS. The molecule has 0 bridgehead atoms. The minimum absolute atomic E-state index is 0.240. The molecular weight excluding hydrogens is 242 g/mol. The van der Waals surface area contributed by atoms with Gasteiger partial charge in [0.1, 0.15) is 11.8 Å². The quantitative estimate of drug-likeness (QED) is 0.832. The van der Waals surface area contributed by atoms with Crippen LogP contribution < -0.4 is 10.6 Å². The molecule has 1 atom stereocenters. The number of carbonyl (C=O) groups excluding carboxylic acids is 1. The molecule has 2 N–H and O–H groups in total. The van der Waals surface area contributed by atoms with Crippen LogP contribution in [-0.4, -0.2) is 31.0 Å². The first-order valence-corrected chi connectivity index (χ1v) is 5.72. The van der Waals surface area contributed by atoms with Crippen LogP contribution in [0.3, 0.4) is 0 Å². The second kappa shape index (κ2) is 4.87. The Hall–Kier alpha value is -2.03.